The van der Waals surface area contributed by atoms with Gasteiger partial charge in [0.1, 0.15) is 5.75 Å². The molecule has 0 unspecified atom stereocenters. The third-order valence-electron chi connectivity index (χ3n) is 2.20. The average molecular weight is 256 g/mol. The van der Waals surface area contributed by atoms with E-state index < -0.39 is 0 Å². The van der Waals surface area contributed by atoms with Gasteiger partial charge in [-0.1, -0.05) is 15.9 Å². The van der Waals surface area contributed by atoms with Crippen LogP contribution in [0.4, 0.5) is 0 Å². The molecule has 14 heavy (non-hydrogen) atoms. The zero-order chi connectivity index (χ0) is 9.97. The van der Waals surface area contributed by atoms with Crippen molar-refractivity contribution in [2.45, 2.75) is 13.0 Å². The summed E-state index contributed by atoms with van der Waals surface area (Å²) in [6.07, 6.45) is 1.64. The van der Waals surface area contributed by atoms with Gasteiger partial charge in [-0.05, 0) is 17.7 Å². The summed E-state index contributed by atoms with van der Waals surface area (Å²) >= 11 is 3.44. The van der Waals surface area contributed by atoms with Crippen LogP contribution in [0.2, 0.25) is 0 Å². The lowest BCUT2D eigenvalue weighted by Gasteiger charge is -2.07. The van der Waals surface area contributed by atoms with E-state index in [2.05, 4.69) is 27.3 Å². The Hall–Kier alpha value is -1.03. The summed E-state index contributed by atoms with van der Waals surface area (Å²) in [4.78, 5) is 10.2. The smallest absolute Gasteiger partial charge is 0.207 e. The number of rotatable bonds is 3. The second kappa shape index (κ2) is 4.00. The van der Waals surface area contributed by atoms with Crippen molar-refractivity contribution in [2.75, 3.05) is 6.61 Å². The van der Waals surface area contributed by atoms with Crippen LogP contribution in [0.3, 0.4) is 0 Å². The summed E-state index contributed by atoms with van der Waals surface area (Å²) in [5.74, 6) is 0.933. The molecule has 1 aliphatic rings. The average Bonchev–Trinajstić information content (AvgIpc) is 2.61. The number of halogens is 1. The molecule has 0 saturated carbocycles. The molecule has 1 aromatic carbocycles. The molecule has 0 atom stereocenters. The maximum absolute atomic E-state index is 10.2. The molecule has 74 valence electrons. The summed E-state index contributed by atoms with van der Waals surface area (Å²) < 4.78 is 6.54. The third kappa shape index (κ3) is 1.75. The minimum Gasteiger partial charge on any atom is -0.493 e. The van der Waals surface area contributed by atoms with Gasteiger partial charge >= 0.3 is 0 Å². The van der Waals surface area contributed by atoms with Crippen molar-refractivity contribution < 1.29 is 9.53 Å². The van der Waals surface area contributed by atoms with Gasteiger partial charge in [0.15, 0.2) is 0 Å². The monoisotopic (exact) mass is 255 g/mol. The van der Waals surface area contributed by atoms with Crippen molar-refractivity contribution in [3.63, 3.8) is 0 Å². The molecular weight excluding hydrogens is 246 g/mol. The molecule has 0 aromatic heterocycles. The molecule has 0 aliphatic carbocycles. The Bertz CT molecular complexity index is 365. The van der Waals surface area contributed by atoms with Crippen LogP contribution in [-0.2, 0) is 17.8 Å². The van der Waals surface area contributed by atoms with Gasteiger partial charge in [-0.25, -0.2) is 0 Å². The van der Waals surface area contributed by atoms with E-state index in [1.54, 1.807) is 0 Å². The van der Waals surface area contributed by atoms with Crippen molar-refractivity contribution in [2.24, 2.45) is 0 Å². The van der Waals surface area contributed by atoms with Gasteiger partial charge in [0.05, 0.1) is 6.61 Å². The molecule has 0 bridgehead atoms. The summed E-state index contributed by atoms with van der Waals surface area (Å²) in [6, 6.07) is 4.04. The van der Waals surface area contributed by atoms with Gasteiger partial charge in [0, 0.05) is 23.0 Å². The Balaban J connectivity index is 2.33. The fourth-order valence-electron chi connectivity index (χ4n) is 1.63. The van der Waals surface area contributed by atoms with Crippen LogP contribution < -0.4 is 10.1 Å². The summed E-state index contributed by atoms with van der Waals surface area (Å²) in [5, 5.41) is 2.64. The summed E-state index contributed by atoms with van der Waals surface area (Å²) in [5.41, 5.74) is 2.24. The van der Waals surface area contributed by atoms with E-state index in [0.29, 0.717) is 13.0 Å². The molecular formula is C10H10BrNO2. The number of nitrogens with one attached hydrogen (secondary N) is 1. The highest BCUT2D eigenvalue weighted by molar-refractivity contribution is 9.10. The molecule has 3 nitrogen and oxygen atoms in total. The maximum atomic E-state index is 10.2. The van der Waals surface area contributed by atoms with Gasteiger partial charge in [0.2, 0.25) is 6.41 Å². The lowest BCUT2D eigenvalue weighted by atomic mass is 10.1. The van der Waals surface area contributed by atoms with E-state index >= 15 is 0 Å². The Morgan fingerprint density at radius 2 is 2.43 bits per heavy atom. The van der Waals surface area contributed by atoms with E-state index in [4.69, 9.17) is 4.74 Å². The number of benzene rings is 1. The number of amides is 1. The molecule has 1 amide bonds. The maximum Gasteiger partial charge on any atom is 0.207 e. The predicted octanol–water partition coefficient (Wildman–Crippen LogP) is 1.63. The van der Waals surface area contributed by atoms with E-state index in [1.165, 1.54) is 5.56 Å². The molecule has 1 aromatic rings. The van der Waals surface area contributed by atoms with Gasteiger partial charge in [0.25, 0.3) is 0 Å². The molecule has 1 heterocycles. The SMILES string of the molecule is O=CNCc1cc(Br)cc2c1OCC2. The number of carbonyl (C=O) groups excluding carboxylic acids is 1. The first kappa shape index (κ1) is 9.52. The van der Waals surface area contributed by atoms with Crippen LogP contribution in [0, 0.1) is 0 Å². The summed E-state index contributed by atoms with van der Waals surface area (Å²) in [6.45, 7) is 1.26. The van der Waals surface area contributed by atoms with Crippen LogP contribution in [0.15, 0.2) is 16.6 Å². The van der Waals surface area contributed by atoms with Crippen molar-refractivity contribution >= 4 is 22.3 Å². The quantitative estimate of drug-likeness (QED) is 0.835. The van der Waals surface area contributed by atoms with Crippen molar-refractivity contribution in [1.29, 1.82) is 0 Å². The lowest BCUT2D eigenvalue weighted by molar-refractivity contribution is -0.109. The predicted molar refractivity (Wildman–Crippen MR) is 56.2 cm³/mol. The van der Waals surface area contributed by atoms with E-state index in [0.717, 1.165) is 28.8 Å². The van der Waals surface area contributed by atoms with Crippen LogP contribution in [0.1, 0.15) is 11.1 Å². The zero-order valence-corrected chi connectivity index (χ0v) is 9.13. The van der Waals surface area contributed by atoms with Gasteiger partial charge in [-0.2, -0.15) is 0 Å². The molecule has 0 radical (unpaired) electrons. The van der Waals surface area contributed by atoms with Crippen molar-refractivity contribution in [3.05, 3.63) is 27.7 Å². The minimum absolute atomic E-state index is 0.519. The second-order valence-electron chi connectivity index (χ2n) is 3.15. The van der Waals surface area contributed by atoms with Gasteiger partial charge in [-0.3, -0.25) is 4.79 Å². The van der Waals surface area contributed by atoms with Crippen LogP contribution >= 0.6 is 15.9 Å². The first-order chi connectivity index (χ1) is 6.81. The molecule has 2 rings (SSSR count). The fraction of sp³-hybridized carbons (Fsp3) is 0.300. The number of carbonyl (C=O) groups is 1. The molecule has 1 aliphatic heterocycles. The highest BCUT2D eigenvalue weighted by atomic mass is 79.9. The molecule has 0 saturated heterocycles. The van der Waals surface area contributed by atoms with Crippen LogP contribution in [0.5, 0.6) is 5.75 Å². The van der Waals surface area contributed by atoms with Crippen LogP contribution in [-0.4, -0.2) is 13.0 Å². The Labute approximate surface area is 90.6 Å². The Kier molecular flexibility index (Phi) is 2.72. The highest BCUT2D eigenvalue weighted by Gasteiger charge is 2.16. The van der Waals surface area contributed by atoms with Crippen LogP contribution in [0.25, 0.3) is 0 Å². The molecule has 0 spiro atoms. The normalized spacial score (nSPS) is 13.2. The first-order valence-electron chi connectivity index (χ1n) is 4.42. The van der Waals surface area contributed by atoms with Gasteiger partial charge in [-0.15, -0.1) is 0 Å². The third-order valence-corrected chi connectivity index (χ3v) is 2.66. The number of ether oxygens (including phenoxy) is 1. The molecule has 4 heteroatoms. The first-order valence-corrected chi connectivity index (χ1v) is 5.21. The second-order valence-corrected chi connectivity index (χ2v) is 4.07. The molecule has 1 N–H and O–H groups in total. The largest absolute Gasteiger partial charge is 0.493 e. The minimum atomic E-state index is 0.519. The standard InChI is InChI=1S/C10H10BrNO2/c11-9-3-7-1-2-14-10(7)8(4-9)5-12-6-13/h3-4,6H,1-2,5H2,(H,12,13). The van der Waals surface area contributed by atoms with E-state index in [1.807, 2.05) is 6.07 Å². The number of hydrogen-bond acceptors (Lipinski definition) is 2. The zero-order valence-electron chi connectivity index (χ0n) is 7.55. The van der Waals surface area contributed by atoms with Crippen molar-refractivity contribution in [3.8, 4) is 5.75 Å². The Morgan fingerprint density at radius 1 is 1.57 bits per heavy atom. The number of fused-ring (bicyclic) bond motifs is 1. The topological polar surface area (TPSA) is 38.3 Å². The summed E-state index contributed by atoms with van der Waals surface area (Å²) in [7, 11) is 0. The van der Waals surface area contributed by atoms with E-state index in [-0.39, 0.29) is 0 Å². The lowest BCUT2D eigenvalue weighted by Crippen LogP contribution is -2.10. The fourth-order valence-corrected chi connectivity index (χ4v) is 2.18. The Morgan fingerprint density at radius 3 is 3.21 bits per heavy atom. The van der Waals surface area contributed by atoms with Gasteiger partial charge < -0.3 is 10.1 Å². The van der Waals surface area contributed by atoms with E-state index in [9.17, 15) is 4.79 Å². The van der Waals surface area contributed by atoms with Crippen molar-refractivity contribution in [1.82, 2.24) is 5.32 Å². The highest BCUT2D eigenvalue weighted by Crippen LogP contribution is 2.32. The number of hydrogen-bond donors (Lipinski definition) is 1. The molecule has 0 fully saturated rings.